The van der Waals surface area contributed by atoms with Gasteiger partial charge in [0.15, 0.2) is 39.3 Å². The van der Waals surface area contributed by atoms with Crippen LogP contribution in [0, 0.1) is 0 Å². The highest BCUT2D eigenvalue weighted by Crippen LogP contribution is 2.50. The van der Waals surface area contributed by atoms with E-state index < -0.39 is 70.9 Å². The van der Waals surface area contributed by atoms with Gasteiger partial charge in [0, 0.05) is 13.5 Å². The first-order valence-corrected chi connectivity index (χ1v) is 11.5. The second-order valence-corrected chi connectivity index (χ2v) is 9.16. The molecule has 0 bridgehead atoms. The molecule has 0 radical (unpaired) electrons. The number of carbonyl (C=O) groups excluding carboxylic acids is 1. The molecule has 1 atom stereocenters. The van der Waals surface area contributed by atoms with Gasteiger partial charge in [0.1, 0.15) is 11.4 Å². The largest absolute Gasteiger partial charge is 0.504 e. The van der Waals surface area contributed by atoms with Crippen LogP contribution in [0.3, 0.4) is 0 Å². The molecule has 206 valence electrons. The van der Waals surface area contributed by atoms with Crippen LogP contribution in [0.2, 0.25) is 0 Å². The van der Waals surface area contributed by atoms with Crippen molar-refractivity contribution in [3.8, 4) is 28.1 Å². The van der Waals surface area contributed by atoms with Crippen molar-refractivity contribution in [2.45, 2.75) is 30.8 Å². The SMILES string of the molecule is COC(c1ccccc1)C(O)(O)NC(O)(O)Cc1c(O)c(O)c(NC(=O)Cc2nc(N)sc2O)c(O)c1O. The van der Waals surface area contributed by atoms with Crippen LogP contribution in [0.25, 0.3) is 0 Å². The molecule has 0 aliphatic heterocycles. The summed E-state index contributed by atoms with van der Waals surface area (Å²) in [5.41, 5.74) is 3.89. The average molecular weight is 555 g/mol. The topological polar surface area (TPSA) is 271 Å². The van der Waals surface area contributed by atoms with E-state index >= 15 is 0 Å². The minimum absolute atomic E-state index is 0.0175. The summed E-state index contributed by atoms with van der Waals surface area (Å²) in [6.07, 6.45) is -3.32. The highest BCUT2D eigenvalue weighted by Gasteiger charge is 2.44. The Morgan fingerprint density at radius 2 is 1.61 bits per heavy atom. The van der Waals surface area contributed by atoms with E-state index in [1.54, 1.807) is 23.5 Å². The summed E-state index contributed by atoms with van der Waals surface area (Å²) in [5.74, 6) is -12.0. The number of ether oxygens (including phenoxy) is 1. The third-order valence-corrected chi connectivity index (χ3v) is 6.02. The van der Waals surface area contributed by atoms with Gasteiger partial charge < -0.3 is 61.7 Å². The van der Waals surface area contributed by atoms with Crippen LogP contribution in [0.15, 0.2) is 30.3 Å². The van der Waals surface area contributed by atoms with E-state index in [4.69, 9.17) is 10.5 Å². The lowest BCUT2D eigenvalue weighted by Crippen LogP contribution is -2.62. The van der Waals surface area contributed by atoms with Gasteiger partial charge in [0.25, 0.3) is 5.91 Å². The van der Waals surface area contributed by atoms with Crippen LogP contribution < -0.4 is 16.4 Å². The van der Waals surface area contributed by atoms with E-state index in [9.17, 15) is 50.8 Å². The molecule has 16 heteroatoms. The summed E-state index contributed by atoms with van der Waals surface area (Å²) in [4.78, 5) is 16.1. The zero-order chi connectivity index (χ0) is 28.4. The molecule has 1 aromatic heterocycles. The zero-order valence-electron chi connectivity index (χ0n) is 19.7. The number of hydrogen-bond donors (Lipinski definition) is 12. The van der Waals surface area contributed by atoms with Crippen molar-refractivity contribution in [3.63, 3.8) is 0 Å². The number of hydrogen-bond acceptors (Lipinski definition) is 15. The van der Waals surface area contributed by atoms with Gasteiger partial charge in [0.2, 0.25) is 11.8 Å². The Labute approximate surface area is 218 Å². The van der Waals surface area contributed by atoms with E-state index in [1.165, 1.54) is 12.1 Å². The van der Waals surface area contributed by atoms with Crippen molar-refractivity contribution in [3.05, 3.63) is 47.2 Å². The Hall–Kier alpha value is -3.90. The molecule has 0 fully saturated rings. The molecule has 0 aliphatic carbocycles. The number of nitrogens with zero attached hydrogens (tertiary/aromatic N) is 1. The van der Waals surface area contributed by atoms with Gasteiger partial charge in [-0.2, -0.15) is 0 Å². The number of phenols is 4. The Morgan fingerprint density at radius 3 is 2.11 bits per heavy atom. The van der Waals surface area contributed by atoms with Gasteiger partial charge in [-0.25, -0.2) is 10.3 Å². The Kier molecular flexibility index (Phi) is 8.18. The van der Waals surface area contributed by atoms with Gasteiger partial charge in [-0.15, -0.1) is 0 Å². The van der Waals surface area contributed by atoms with E-state index in [1.807, 2.05) is 5.32 Å². The zero-order valence-corrected chi connectivity index (χ0v) is 20.5. The fourth-order valence-corrected chi connectivity index (χ4v) is 4.25. The molecule has 0 saturated carbocycles. The van der Waals surface area contributed by atoms with Crippen molar-refractivity contribution in [2.24, 2.45) is 0 Å². The summed E-state index contributed by atoms with van der Waals surface area (Å²) < 4.78 is 5.06. The number of phenolic OH excluding ortho intramolecular Hbond substituents is 4. The normalized spacial score (nSPS) is 12.9. The molecule has 0 aliphatic rings. The van der Waals surface area contributed by atoms with Crippen molar-refractivity contribution in [2.75, 3.05) is 18.2 Å². The van der Waals surface area contributed by atoms with E-state index in [0.29, 0.717) is 11.3 Å². The lowest BCUT2D eigenvalue weighted by atomic mass is 10.0. The maximum Gasteiger partial charge on any atom is 0.258 e. The molecule has 1 amide bonds. The Morgan fingerprint density at radius 1 is 1.03 bits per heavy atom. The number of aliphatic hydroxyl groups is 4. The molecule has 1 heterocycles. The Balaban J connectivity index is 1.84. The molecule has 3 aromatic rings. The fourth-order valence-electron chi connectivity index (χ4n) is 3.66. The minimum Gasteiger partial charge on any atom is -0.504 e. The summed E-state index contributed by atoms with van der Waals surface area (Å²) >= 11 is 0.708. The van der Waals surface area contributed by atoms with Crippen LogP contribution in [0.4, 0.5) is 10.8 Å². The molecule has 3 rings (SSSR count). The Bertz CT molecular complexity index is 1290. The predicted molar refractivity (Wildman–Crippen MR) is 131 cm³/mol. The lowest BCUT2D eigenvalue weighted by Gasteiger charge is -2.36. The van der Waals surface area contributed by atoms with Crippen LogP contribution in [-0.2, 0) is 22.4 Å². The van der Waals surface area contributed by atoms with Crippen LogP contribution in [-0.4, -0.2) is 75.8 Å². The molecule has 2 aromatic carbocycles. The summed E-state index contributed by atoms with van der Waals surface area (Å²) in [7, 11) is 1.13. The van der Waals surface area contributed by atoms with Crippen molar-refractivity contribution < 1.29 is 55.5 Å². The smallest absolute Gasteiger partial charge is 0.258 e. The summed E-state index contributed by atoms with van der Waals surface area (Å²) in [5, 5.41) is 96.3. The number of thiazole rings is 1. The second-order valence-electron chi connectivity index (χ2n) is 8.15. The van der Waals surface area contributed by atoms with E-state index in [2.05, 4.69) is 4.98 Å². The number of rotatable bonds is 10. The quantitative estimate of drug-likeness (QED) is 0.0833. The standard InChI is InChI=1S/C22H26N4O11S/c1-37-18(9-5-3-2-4-6-9)22(35,36)26-21(33,34)8-10-14(28)16(30)13(17(31)15(10)29)25-12(27)7-11-19(32)38-20(23)24-11/h2-6,18,26,28-36H,7-8H2,1H3,(H2,23,24)(H,25,27). The van der Waals surface area contributed by atoms with Crippen molar-refractivity contribution >= 4 is 28.1 Å². The molecule has 1 unspecified atom stereocenters. The number of benzene rings is 2. The first kappa shape index (κ1) is 28.7. The average Bonchev–Trinajstić information content (AvgIpc) is 3.14. The second kappa shape index (κ2) is 10.8. The number of nitrogens with two attached hydrogens (primary N) is 1. The third-order valence-electron chi connectivity index (χ3n) is 5.29. The van der Waals surface area contributed by atoms with Crippen molar-refractivity contribution in [1.82, 2.24) is 10.3 Å². The van der Waals surface area contributed by atoms with Gasteiger partial charge in [0.05, 0.1) is 12.0 Å². The first-order valence-electron chi connectivity index (χ1n) is 10.7. The summed E-state index contributed by atoms with van der Waals surface area (Å²) in [6.45, 7) is 0. The fraction of sp³-hybridized carbons (Fsp3) is 0.273. The molecular formula is C22H26N4O11S. The van der Waals surface area contributed by atoms with Gasteiger partial charge in [-0.05, 0) is 5.56 Å². The number of carbonyl (C=O) groups is 1. The van der Waals surface area contributed by atoms with E-state index in [0.717, 1.165) is 7.11 Å². The molecule has 15 nitrogen and oxygen atoms in total. The van der Waals surface area contributed by atoms with Gasteiger partial charge in [-0.3, -0.25) is 4.79 Å². The van der Waals surface area contributed by atoms with E-state index in [-0.39, 0.29) is 21.5 Å². The highest BCUT2D eigenvalue weighted by molar-refractivity contribution is 7.17. The number of aromatic hydroxyl groups is 5. The summed E-state index contributed by atoms with van der Waals surface area (Å²) in [6, 6.07) is 7.73. The number of aromatic nitrogens is 1. The number of nitrogen functional groups attached to an aromatic ring is 1. The number of methoxy groups -OCH3 is 1. The molecular weight excluding hydrogens is 528 g/mol. The van der Waals surface area contributed by atoms with Crippen molar-refractivity contribution in [1.29, 1.82) is 0 Å². The monoisotopic (exact) mass is 554 g/mol. The predicted octanol–water partition coefficient (Wildman–Crippen LogP) is -0.769. The van der Waals surface area contributed by atoms with Gasteiger partial charge >= 0.3 is 0 Å². The highest BCUT2D eigenvalue weighted by atomic mass is 32.1. The number of nitrogens with one attached hydrogen (secondary N) is 2. The molecule has 0 spiro atoms. The molecule has 0 saturated heterocycles. The van der Waals surface area contributed by atoms with Crippen LogP contribution in [0.1, 0.15) is 22.9 Å². The lowest BCUT2D eigenvalue weighted by molar-refractivity contribution is -0.320. The molecule has 38 heavy (non-hydrogen) atoms. The van der Waals surface area contributed by atoms with Crippen LogP contribution in [0.5, 0.6) is 28.1 Å². The maximum atomic E-state index is 12.3. The number of amides is 1. The minimum atomic E-state index is -3.28. The maximum absolute atomic E-state index is 12.3. The van der Waals surface area contributed by atoms with Gasteiger partial charge in [-0.1, -0.05) is 41.7 Å². The van der Waals surface area contributed by atoms with Crippen LogP contribution >= 0.6 is 11.3 Å². The first-order chi connectivity index (χ1) is 17.7. The number of anilines is 2. The third kappa shape index (κ3) is 6.14. The molecule has 13 N–H and O–H groups in total.